The number of methoxy groups -OCH3 is 1. The SMILES string of the molecule is COc1cc(NCCCCCC(=O)O)nc(C)n1. The zero-order chi connectivity index (χ0) is 13.4. The average Bonchev–Trinajstić information content (AvgIpc) is 2.32. The lowest BCUT2D eigenvalue weighted by molar-refractivity contribution is -0.137. The summed E-state index contributed by atoms with van der Waals surface area (Å²) >= 11 is 0. The van der Waals surface area contributed by atoms with Gasteiger partial charge in [0, 0.05) is 19.0 Å². The van der Waals surface area contributed by atoms with E-state index in [4.69, 9.17) is 9.84 Å². The highest BCUT2D eigenvalue weighted by Gasteiger charge is 2.01. The molecule has 6 nitrogen and oxygen atoms in total. The molecule has 0 radical (unpaired) electrons. The summed E-state index contributed by atoms with van der Waals surface area (Å²) in [5.41, 5.74) is 0. The van der Waals surface area contributed by atoms with Gasteiger partial charge in [0.15, 0.2) is 0 Å². The summed E-state index contributed by atoms with van der Waals surface area (Å²) in [5.74, 6) is 1.19. The standard InChI is InChI=1S/C12H19N3O3/c1-9-14-10(8-11(15-9)18-2)13-7-5-3-4-6-12(16)17/h8H,3-7H2,1-2H3,(H,16,17)(H,13,14,15). The number of nitrogens with zero attached hydrogens (tertiary/aromatic N) is 2. The van der Waals surface area contributed by atoms with E-state index in [-0.39, 0.29) is 6.42 Å². The van der Waals surface area contributed by atoms with E-state index in [1.165, 1.54) is 0 Å². The molecular weight excluding hydrogens is 234 g/mol. The van der Waals surface area contributed by atoms with Crippen LogP contribution in [0.2, 0.25) is 0 Å². The van der Waals surface area contributed by atoms with E-state index < -0.39 is 5.97 Å². The number of hydrogen-bond acceptors (Lipinski definition) is 5. The van der Waals surface area contributed by atoms with Gasteiger partial charge in [-0.25, -0.2) is 4.98 Å². The molecule has 1 heterocycles. The minimum absolute atomic E-state index is 0.237. The molecular formula is C12H19N3O3. The van der Waals surface area contributed by atoms with Gasteiger partial charge >= 0.3 is 5.97 Å². The summed E-state index contributed by atoms with van der Waals surface area (Å²) in [6, 6.07) is 1.74. The molecule has 0 aliphatic rings. The van der Waals surface area contributed by atoms with Crippen LogP contribution in [0.1, 0.15) is 31.5 Å². The second-order valence-corrected chi connectivity index (χ2v) is 3.97. The van der Waals surface area contributed by atoms with Gasteiger partial charge in [-0.3, -0.25) is 4.79 Å². The Morgan fingerprint density at radius 1 is 1.39 bits per heavy atom. The van der Waals surface area contributed by atoms with Gasteiger partial charge in [0.1, 0.15) is 11.6 Å². The zero-order valence-corrected chi connectivity index (χ0v) is 10.8. The number of aliphatic carboxylic acids is 1. The van der Waals surface area contributed by atoms with Crippen LogP contribution in [0.5, 0.6) is 5.88 Å². The molecule has 100 valence electrons. The van der Waals surface area contributed by atoms with Crippen molar-refractivity contribution < 1.29 is 14.6 Å². The predicted octanol–water partition coefficient (Wildman–Crippen LogP) is 1.85. The first-order valence-corrected chi connectivity index (χ1v) is 5.97. The van der Waals surface area contributed by atoms with Gasteiger partial charge in [0.05, 0.1) is 7.11 Å². The van der Waals surface area contributed by atoms with Crippen molar-refractivity contribution in [3.8, 4) is 5.88 Å². The molecule has 2 N–H and O–H groups in total. The number of carboxylic acids is 1. The molecule has 0 unspecified atom stereocenters. The van der Waals surface area contributed by atoms with Crippen molar-refractivity contribution in [1.82, 2.24) is 9.97 Å². The Labute approximate surface area is 106 Å². The highest BCUT2D eigenvalue weighted by molar-refractivity contribution is 5.66. The van der Waals surface area contributed by atoms with Crippen LogP contribution in [0.3, 0.4) is 0 Å². The second-order valence-electron chi connectivity index (χ2n) is 3.97. The Morgan fingerprint density at radius 3 is 2.83 bits per heavy atom. The fraction of sp³-hybridized carbons (Fsp3) is 0.583. The van der Waals surface area contributed by atoms with Crippen molar-refractivity contribution in [2.24, 2.45) is 0 Å². The fourth-order valence-electron chi connectivity index (χ4n) is 1.53. The topological polar surface area (TPSA) is 84.3 Å². The molecule has 18 heavy (non-hydrogen) atoms. The first-order valence-electron chi connectivity index (χ1n) is 5.97. The minimum Gasteiger partial charge on any atom is -0.481 e. The van der Waals surface area contributed by atoms with Crippen LogP contribution in [-0.4, -0.2) is 34.7 Å². The second kappa shape index (κ2) is 7.47. The van der Waals surface area contributed by atoms with Crippen molar-refractivity contribution >= 4 is 11.8 Å². The van der Waals surface area contributed by atoms with E-state index in [0.29, 0.717) is 18.1 Å². The Hall–Kier alpha value is -1.85. The van der Waals surface area contributed by atoms with Crippen LogP contribution < -0.4 is 10.1 Å². The first-order chi connectivity index (χ1) is 8.61. The lowest BCUT2D eigenvalue weighted by Gasteiger charge is -2.07. The summed E-state index contributed by atoms with van der Waals surface area (Å²) in [5, 5.41) is 11.7. The summed E-state index contributed by atoms with van der Waals surface area (Å²) < 4.78 is 5.05. The number of rotatable bonds is 8. The van der Waals surface area contributed by atoms with Crippen LogP contribution >= 0.6 is 0 Å². The number of carbonyl (C=O) groups is 1. The Kier molecular flexibility index (Phi) is 5.90. The van der Waals surface area contributed by atoms with Gasteiger partial charge in [0.25, 0.3) is 0 Å². The molecule has 1 rings (SSSR count). The van der Waals surface area contributed by atoms with E-state index >= 15 is 0 Å². The number of unbranched alkanes of at least 4 members (excludes halogenated alkanes) is 2. The van der Waals surface area contributed by atoms with Gasteiger partial charge < -0.3 is 15.2 Å². The van der Waals surface area contributed by atoms with Gasteiger partial charge in [-0.05, 0) is 19.8 Å². The van der Waals surface area contributed by atoms with Gasteiger partial charge in [-0.1, -0.05) is 6.42 Å². The molecule has 0 aromatic carbocycles. The van der Waals surface area contributed by atoms with Crippen molar-refractivity contribution in [3.05, 3.63) is 11.9 Å². The van der Waals surface area contributed by atoms with Crippen molar-refractivity contribution in [2.75, 3.05) is 19.0 Å². The van der Waals surface area contributed by atoms with Crippen molar-refractivity contribution in [3.63, 3.8) is 0 Å². The molecule has 0 fully saturated rings. The molecule has 0 atom stereocenters. The summed E-state index contributed by atoms with van der Waals surface area (Å²) in [4.78, 5) is 18.6. The molecule has 0 saturated heterocycles. The Bertz CT molecular complexity index is 396. The third-order valence-electron chi connectivity index (χ3n) is 2.40. The molecule has 0 spiro atoms. The molecule has 0 aliphatic carbocycles. The van der Waals surface area contributed by atoms with E-state index in [0.717, 1.165) is 25.2 Å². The number of aromatic nitrogens is 2. The van der Waals surface area contributed by atoms with Crippen molar-refractivity contribution in [1.29, 1.82) is 0 Å². The maximum absolute atomic E-state index is 10.3. The van der Waals surface area contributed by atoms with Crippen LogP contribution in [0.25, 0.3) is 0 Å². The largest absolute Gasteiger partial charge is 0.481 e. The smallest absolute Gasteiger partial charge is 0.303 e. The maximum atomic E-state index is 10.3. The minimum atomic E-state index is -0.737. The number of hydrogen-bond donors (Lipinski definition) is 2. The van der Waals surface area contributed by atoms with Gasteiger partial charge in [0.2, 0.25) is 5.88 Å². The fourth-order valence-corrected chi connectivity index (χ4v) is 1.53. The zero-order valence-electron chi connectivity index (χ0n) is 10.8. The Morgan fingerprint density at radius 2 is 2.17 bits per heavy atom. The number of aryl methyl sites for hydroxylation is 1. The Balaban J connectivity index is 2.26. The van der Waals surface area contributed by atoms with Crippen LogP contribution in [0.4, 0.5) is 5.82 Å². The van der Waals surface area contributed by atoms with Crippen molar-refractivity contribution in [2.45, 2.75) is 32.6 Å². The quantitative estimate of drug-likeness (QED) is 0.688. The number of anilines is 1. The number of carboxylic acid groups (broad SMARTS) is 1. The molecule has 0 saturated carbocycles. The monoisotopic (exact) mass is 253 g/mol. The maximum Gasteiger partial charge on any atom is 0.303 e. The molecule has 1 aromatic heterocycles. The van der Waals surface area contributed by atoms with E-state index in [2.05, 4.69) is 15.3 Å². The lowest BCUT2D eigenvalue weighted by atomic mass is 10.2. The van der Waals surface area contributed by atoms with Gasteiger partial charge in [-0.15, -0.1) is 0 Å². The van der Waals surface area contributed by atoms with Crippen LogP contribution in [-0.2, 0) is 4.79 Å². The third kappa shape index (κ3) is 5.47. The van der Waals surface area contributed by atoms with Crippen LogP contribution in [0, 0.1) is 6.92 Å². The third-order valence-corrected chi connectivity index (χ3v) is 2.40. The molecule has 6 heteroatoms. The lowest BCUT2D eigenvalue weighted by Crippen LogP contribution is -2.06. The number of nitrogens with one attached hydrogen (secondary N) is 1. The van der Waals surface area contributed by atoms with Crippen LogP contribution in [0.15, 0.2) is 6.07 Å². The average molecular weight is 253 g/mol. The molecule has 0 amide bonds. The highest BCUT2D eigenvalue weighted by atomic mass is 16.5. The summed E-state index contributed by atoms with van der Waals surface area (Å²) in [7, 11) is 1.57. The summed E-state index contributed by atoms with van der Waals surface area (Å²) in [6.45, 7) is 2.57. The highest BCUT2D eigenvalue weighted by Crippen LogP contribution is 2.12. The van der Waals surface area contributed by atoms with E-state index in [9.17, 15) is 4.79 Å². The molecule has 1 aromatic rings. The molecule has 0 aliphatic heterocycles. The van der Waals surface area contributed by atoms with Gasteiger partial charge in [-0.2, -0.15) is 4.98 Å². The predicted molar refractivity (Wildman–Crippen MR) is 67.9 cm³/mol. The summed E-state index contributed by atoms with van der Waals surface area (Å²) in [6.07, 6.45) is 2.75. The van der Waals surface area contributed by atoms with E-state index in [1.54, 1.807) is 20.1 Å². The first kappa shape index (κ1) is 14.2. The van der Waals surface area contributed by atoms with E-state index in [1.807, 2.05) is 0 Å². The number of ether oxygens (including phenoxy) is 1. The normalized spacial score (nSPS) is 10.1. The molecule has 0 bridgehead atoms.